The first-order valence-electron chi connectivity index (χ1n) is 5.24. The molecule has 2 rings (SSSR count). The molecule has 0 atom stereocenters. The summed E-state index contributed by atoms with van der Waals surface area (Å²) in [7, 11) is 0. The number of fused-ring (bicyclic) bond motifs is 1. The number of halogens is 1. The van der Waals surface area contributed by atoms with Crippen LogP contribution in [0.1, 0.15) is 17.6 Å². The maximum atomic E-state index is 11.7. The lowest BCUT2D eigenvalue weighted by Crippen LogP contribution is -2.15. The molecule has 0 aliphatic carbocycles. The predicted octanol–water partition coefficient (Wildman–Crippen LogP) is 0.995. The molecule has 0 aliphatic rings. The highest BCUT2D eigenvalue weighted by molar-refractivity contribution is 7.16. The van der Waals surface area contributed by atoms with Crippen molar-refractivity contribution in [3.05, 3.63) is 27.1 Å². The number of aromatic nitrogens is 3. The van der Waals surface area contributed by atoms with Crippen LogP contribution in [-0.4, -0.2) is 27.2 Å². The van der Waals surface area contributed by atoms with Crippen LogP contribution in [0.4, 0.5) is 0 Å². The number of hydrogen-bond donors (Lipinski definition) is 0. The van der Waals surface area contributed by atoms with Gasteiger partial charge >= 0.3 is 5.97 Å². The Kier molecular flexibility index (Phi) is 3.93. The summed E-state index contributed by atoms with van der Waals surface area (Å²) in [5, 5.41) is 4.52. The summed E-state index contributed by atoms with van der Waals surface area (Å²) in [5.41, 5.74) is 0.190. The number of rotatable bonds is 4. The van der Waals surface area contributed by atoms with E-state index in [0.29, 0.717) is 22.3 Å². The normalized spacial score (nSPS) is 10.8. The Morgan fingerprint density at radius 3 is 3.06 bits per heavy atom. The van der Waals surface area contributed by atoms with Crippen molar-refractivity contribution in [1.29, 1.82) is 0 Å². The monoisotopic (exact) mass is 287 g/mol. The SMILES string of the molecule is CCOC(=O)Cc1nn2c(=O)cc(CCl)nc2s1. The summed E-state index contributed by atoms with van der Waals surface area (Å²) in [6, 6.07) is 1.33. The second kappa shape index (κ2) is 5.45. The molecule has 8 heteroatoms. The van der Waals surface area contributed by atoms with E-state index < -0.39 is 0 Å². The third-order valence-electron chi connectivity index (χ3n) is 2.08. The summed E-state index contributed by atoms with van der Waals surface area (Å²) in [5.74, 6) is -0.209. The van der Waals surface area contributed by atoms with Crippen LogP contribution in [0.3, 0.4) is 0 Å². The van der Waals surface area contributed by atoms with Gasteiger partial charge in [0.15, 0.2) is 0 Å². The van der Waals surface area contributed by atoms with Crippen LogP contribution >= 0.6 is 22.9 Å². The third kappa shape index (κ3) is 2.68. The van der Waals surface area contributed by atoms with Crippen LogP contribution in [0, 0.1) is 0 Å². The zero-order chi connectivity index (χ0) is 13.1. The first-order chi connectivity index (χ1) is 8.63. The Bertz CT molecular complexity index is 637. The minimum atomic E-state index is -0.373. The molecule has 96 valence electrons. The number of ether oxygens (including phenoxy) is 1. The maximum Gasteiger partial charge on any atom is 0.312 e. The van der Waals surface area contributed by atoms with E-state index in [1.54, 1.807) is 6.92 Å². The molecule has 0 aromatic carbocycles. The first kappa shape index (κ1) is 13.0. The fourth-order valence-corrected chi connectivity index (χ4v) is 2.41. The van der Waals surface area contributed by atoms with E-state index >= 15 is 0 Å². The van der Waals surface area contributed by atoms with Gasteiger partial charge in [0.25, 0.3) is 5.56 Å². The average molecular weight is 288 g/mol. The fourth-order valence-electron chi connectivity index (χ4n) is 1.37. The smallest absolute Gasteiger partial charge is 0.312 e. The quantitative estimate of drug-likeness (QED) is 0.619. The van der Waals surface area contributed by atoms with Crippen molar-refractivity contribution in [2.45, 2.75) is 19.2 Å². The molecule has 0 fully saturated rings. The van der Waals surface area contributed by atoms with Gasteiger partial charge in [0.2, 0.25) is 4.96 Å². The molecule has 0 unspecified atom stereocenters. The number of carbonyl (C=O) groups is 1. The molecular weight excluding hydrogens is 278 g/mol. The van der Waals surface area contributed by atoms with Crippen molar-refractivity contribution >= 4 is 33.9 Å². The van der Waals surface area contributed by atoms with Crippen LogP contribution in [0.15, 0.2) is 10.9 Å². The molecule has 0 amide bonds. The molecule has 0 aliphatic heterocycles. The summed E-state index contributed by atoms with van der Waals surface area (Å²) >= 11 is 6.81. The number of nitrogens with zero attached hydrogens (tertiary/aromatic N) is 3. The molecule has 6 nitrogen and oxygen atoms in total. The number of esters is 1. The molecule has 18 heavy (non-hydrogen) atoms. The highest BCUT2D eigenvalue weighted by Crippen LogP contribution is 2.13. The van der Waals surface area contributed by atoms with Gasteiger partial charge in [-0.15, -0.1) is 11.6 Å². The maximum absolute atomic E-state index is 11.7. The molecule has 0 radical (unpaired) electrons. The Morgan fingerprint density at radius 1 is 1.61 bits per heavy atom. The van der Waals surface area contributed by atoms with Gasteiger partial charge in [0, 0.05) is 6.07 Å². The molecule has 0 saturated heterocycles. The van der Waals surface area contributed by atoms with Crippen LogP contribution in [0.25, 0.3) is 4.96 Å². The summed E-state index contributed by atoms with van der Waals surface area (Å²) in [4.78, 5) is 27.6. The predicted molar refractivity (Wildman–Crippen MR) is 67.0 cm³/mol. The van der Waals surface area contributed by atoms with E-state index in [1.807, 2.05) is 0 Å². The Morgan fingerprint density at radius 2 is 2.39 bits per heavy atom. The number of carbonyl (C=O) groups excluding carboxylic acids is 1. The lowest BCUT2D eigenvalue weighted by Gasteiger charge is -1.96. The van der Waals surface area contributed by atoms with E-state index in [1.165, 1.54) is 17.4 Å². The van der Waals surface area contributed by atoms with Crippen LogP contribution < -0.4 is 5.56 Å². The van der Waals surface area contributed by atoms with Crippen molar-refractivity contribution in [1.82, 2.24) is 14.6 Å². The van der Waals surface area contributed by atoms with Gasteiger partial charge in [-0.25, -0.2) is 4.98 Å². The summed E-state index contributed by atoms with van der Waals surface area (Å²) in [6.07, 6.45) is 0.0392. The summed E-state index contributed by atoms with van der Waals surface area (Å²) < 4.78 is 5.98. The lowest BCUT2D eigenvalue weighted by atomic mass is 10.4. The highest BCUT2D eigenvalue weighted by atomic mass is 35.5. The molecule has 2 heterocycles. The van der Waals surface area contributed by atoms with Gasteiger partial charge in [-0.3, -0.25) is 9.59 Å². The molecule has 2 aromatic rings. The van der Waals surface area contributed by atoms with E-state index in [9.17, 15) is 9.59 Å². The van der Waals surface area contributed by atoms with Gasteiger partial charge in [0.05, 0.1) is 24.6 Å². The van der Waals surface area contributed by atoms with Crippen molar-refractivity contribution < 1.29 is 9.53 Å². The largest absolute Gasteiger partial charge is 0.466 e. The minimum Gasteiger partial charge on any atom is -0.466 e. The Balaban J connectivity index is 2.35. The van der Waals surface area contributed by atoms with Gasteiger partial charge in [-0.05, 0) is 6.92 Å². The first-order valence-corrected chi connectivity index (χ1v) is 6.59. The van der Waals surface area contributed by atoms with Gasteiger partial charge in [-0.2, -0.15) is 9.61 Å². The standard InChI is InChI=1S/C10H10ClN3O3S/c1-2-17-9(16)4-7-13-14-8(15)3-6(5-11)12-10(14)18-7/h3H,2,4-5H2,1H3. The second-order valence-corrected chi connectivity index (χ2v) is 4.70. The number of hydrogen-bond acceptors (Lipinski definition) is 6. The Hall–Kier alpha value is -1.47. The zero-order valence-electron chi connectivity index (χ0n) is 9.55. The molecule has 0 N–H and O–H groups in total. The molecule has 0 bridgehead atoms. The van der Waals surface area contributed by atoms with Gasteiger partial charge in [0.1, 0.15) is 5.01 Å². The lowest BCUT2D eigenvalue weighted by molar-refractivity contribution is -0.142. The minimum absolute atomic E-state index is 0.0392. The van der Waals surface area contributed by atoms with Crippen LogP contribution in [0.2, 0.25) is 0 Å². The average Bonchev–Trinajstić information content (AvgIpc) is 2.72. The van der Waals surface area contributed by atoms with E-state index in [4.69, 9.17) is 16.3 Å². The Labute approximate surface area is 111 Å². The van der Waals surface area contributed by atoms with Crippen molar-refractivity contribution in [3.63, 3.8) is 0 Å². The van der Waals surface area contributed by atoms with Crippen LogP contribution in [0.5, 0.6) is 0 Å². The summed E-state index contributed by atoms with van der Waals surface area (Å²) in [6.45, 7) is 2.05. The highest BCUT2D eigenvalue weighted by Gasteiger charge is 2.12. The van der Waals surface area contributed by atoms with E-state index in [2.05, 4.69) is 10.1 Å². The van der Waals surface area contributed by atoms with E-state index in [-0.39, 0.29) is 23.8 Å². The molecule has 0 saturated carbocycles. The van der Waals surface area contributed by atoms with Crippen molar-refractivity contribution in [3.8, 4) is 0 Å². The molecule has 2 aromatic heterocycles. The topological polar surface area (TPSA) is 73.6 Å². The molecule has 0 spiro atoms. The van der Waals surface area contributed by atoms with Crippen molar-refractivity contribution in [2.24, 2.45) is 0 Å². The van der Waals surface area contributed by atoms with Crippen LogP contribution in [-0.2, 0) is 21.8 Å². The second-order valence-electron chi connectivity index (χ2n) is 3.39. The van der Waals surface area contributed by atoms with Gasteiger partial charge < -0.3 is 4.74 Å². The number of alkyl halides is 1. The van der Waals surface area contributed by atoms with E-state index in [0.717, 1.165) is 4.52 Å². The van der Waals surface area contributed by atoms with Crippen molar-refractivity contribution in [2.75, 3.05) is 6.61 Å². The molecular formula is C10H10ClN3O3S. The third-order valence-corrected chi connectivity index (χ3v) is 3.26. The fraction of sp³-hybridized carbons (Fsp3) is 0.400. The zero-order valence-corrected chi connectivity index (χ0v) is 11.1. The van der Waals surface area contributed by atoms with Gasteiger partial charge in [-0.1, -0.05) is 11.3 Å².